The van der Waals surface area contributed by atoms with Crippen LogP contribution in [0.4, 0.5) is 4.39 Å². The summed E-state index contributed by atoms with van der Waals surface area (Å²) in [7, 11) is 0. The Kier molecular flexibility index (Phi) is 13.5. The Morgan fingerprint density at radius 2 is 1.53 bits per heavy atom. The average molecular weight is 626 g/mol. The zero-order valence-electron chi connectivity index (χ0n) is 25.0. The third kappa shape index (κ3) is 9.36. The summed E-state index contributed by atoms with van der Waals surface area (Å²) in [6.07, 6.45) is -2.19. The summed E-state index contributed by atoms with van der Waals surface area (Å²) in [5, 5.41) is 33.0. The molecule has 0 aliphatic rings. The average Bonchev–Trinajstić information content (AvgIpc) is 3.35. The number of rotatable bonds is 14. The summed E-state index contributed by atoms with van der Waals surface area (Å²) < 4.78 is 16.0. The number of hydrogen-bond donors (Lipinski definition) is 5. The Morgan fingerprint density at radius 3 is 2.16 bits per heavy atom. The van der Waals surface area contributed by atoms with Gasteiger partial charge in [-0.2, -0.15) is 0 Å². The Bertz CT molecular complexity index is 1570. The molecule has 4 aromatic rings. The number of nitrogens with zero attached hydrogens (tertiary/aromatic N) is 1. The minimum absolute atomic E-state index is 0. The number of carboxylic acids is 1. The number of aliphatic carboxylic acids is 1. The van der Waals surface area contributed by atoms with Crippen LogP contribution in [0.2, 0.25) is 0 Å². The van der Waals surface area contributed by atoms with E-state index >= 15 is 0 Å². The Labute approximate surface area is 285 Å². The second-order valence-corrected chi connectivity index (χ2v) is 11.3. The quantitative estimate of drug-likeness (QED) is 0.128. The Morgan fingerprint density at radius 1 is 0.889 bits per heavy atom. The van der Waals surface area contributed by atoms with Gasteiger partial charge in [0.05, 0.1) is 18.6 Å². The first kappa shape index (κ1) is 36.2. The van der Waals surface area contributed by atoms with Crippen LogP contribution in [0.25, 0.3) is 22.3 Å². The molecule has 0 saturated carbocycles. The number of nitrogens with one attached hydrogen (secondary N) is 1. The molecular formula is C35H41FN3NaO5. The van der Waals surface area contributed by atoms with Crippen molar-refractivity contribution < 1.29 is 29.3 Å². The summed E-state index contributed by atoms with van der Waals surface area (Å²) in [5.74, 6) is -1.82. The number of hydrogen-bond acceptors (Lipinski definition) is 5. The zero-order chi connectivity index (χ0) is 31.8. The van der Waals surface area contributed by atoms with Crippen LogP contribution in [0, 0.1) is 5.82 Å². The first-order valence-corrected chi connectivity index (χ1v) is 14.8. The van der Waals surface area contributed by atoms with Crippen molar-refractivity contribution in [2.75, 3.05) is 0 Å². The van der Waals surface area contributed by atoms with Crippen LogP contribution in [0.1, 0.15) is 66.5 Å². The topological polar surface area (TPSA) is 138 Å². The van der Waals surface area contributed by atoms with Crippen LogP contribution in [0.3, 0.4) is 0 Å². The predicted molar refractivity (Wildman–Crippen MR) is 176 cm³/mol. The van der Waals surface area contributed by atoms with Crippen molar-refractivity contribution in [2.45, 2.75) is 70.9 Å². The number of aliphatic hydroxyl groups excluding tert-OH is 2. The van der Waals surface area contributed by atoms with Crippen molar-refractivity contribution in [3.8, 4) is 22.3 Å². The van der Waals surface area contributed by atoms with Gasteiger partial charge in [-0.25, -0.2) is 4.39 Å². The van der Waals surface area contributed by atoms with Crippen LogP contribution in [-0.2, 0) is 24.3 Å². The molecular weight excluding hydrogens is 584 g/mol. The number of carbonyl (C=O) groups is 2. The van der Waals surface area contributed by atoms with E-state index in [4.69, 9.17) is 10.8 Å². The number of halogens is 1. The van der Waals surface area contributed by atoms with Gasteiger partial charge in [0, 0.05) is 36.0 Å². The molecule has 1 amide bonds. The summed E-state index contributed by atoms with van der Waals surface area (Å²) in [5.41, 5.74) is 11.8. The molecule has 8 nitrogen and oxygen atoms in total. The van der Waals surface area contributed by atoms with Crippen molar-refractivity contribution in [3.63, 3.8) is 0 Å². The van der Waals surface area contributed by atoms with Gasteiger partial charge in [0.1, 0.15) is 11.5 Å². The van der Waals surface area contributed by atoms with Crippen molar-refractivity contribution in [1.29, 1.82) is 0 Å². The number of nitrogens with two attached hydrogens (primary N) is 1. The van der Waals surface area contributed by atoms with Gasteiger partial charge >= 0.3 is 35.5 Å². The van der Waals surface area contributed by atoms with E-state index in [1.54, 1.807) is 12.1 Å². The van der Waals surface area contributed by atoms with Crippen molar-refractivity contribution in [1.82, 2.24) is 9.88 Å². The van der Waals surface area contributed by atoms with Gasteiger partial charge in [0.2, 0.25) is 0 Å². The number of benzene rings is 3. The number of carbonyl (C=O) groups excluding carboxylic acids is 1. The number of amides is 1. The van der Waals surface area contributed by atoms with Gasteiger partial charge < -0.3 is 30.9 Å². The third-order valence-electron chi connectivity index (χ3n) is 7.58. The van der Waals surface area contributed by atoms with Crippen LogP contribution < -0.4 is 11.1 Å². The molecule has 0 spiro atoms. The maximum atomic E-state index is 14.2. The first-order valence-electron chi connectivity index (χ1n) is 14.8. The normalized spacial score (nSPS) is 12.4. The molecule has 0 aliphatic carbocycles. The Balaban J connectivity index is 0.00000552. The van der Waals surface area contributed by atoms with Gasteiger partial charge in [0.25, 0.3) is 5.91 Å². The molecule has 2 atom stereocenters. The first-order chi connectivity index (χ1) is 21.1. The van der Waals surface area contributed by atoms with Crippen LogP contribution in [0.5, 0.6) is 0 Å². The standard InChI is InChI=1S/C35H40FN3O5.Na.H/c1-22(2)39-30(16-15-28(40)18-29(41)19-31(42)43)32(26-11-13-27(36)14-12-26)33(25-9-4-3-5-10-25)34(39)35(44)38-21-24-8-6-7-23(17-24)20-37;;/h3-14,17,22,28-29,40-41H,15-16,18-21,37H2,1-2H3,(H,38,44)(H,42,43);;. The molecule has 0 radical (unpaired) electrons. The Hall–Kier alpha value is -3.31. The molecule has 10 heteroatoms. The fourth-order valence-electron chi connectivity index (χ4n) is 5.64. The molecule has 45 heavy (non-hydrogen) atoms. The van der Waals surface area contributed by atoms with E-state index in [2.05, 4.69) is 5.32 Å². The molecule has 0 aliphatic heterocycles. The van der Waals surface area contributed by atoms with Crippen LogP contribution >= 0.6 is 0 Å². The van der Waals surface area contributed by atoms with Crippen molar-refractivity contribution >= 4 is 41.4 Å². The van der Waals surface area contributed by atoms with Crippen molar-refractivity contribution in [3.05, 3.63) is 107 Å². The number of aromatic nitrogens is 1. The molecule has 1 aromatic heterocycles. The SMILES string of the molecule is CC(C)n1c(CCC(O)CC(O)CC(=O)O)c(-c2ccc(F)cc2)c(-c2ccccc2)c1C(=O)NCc1cccc(CN)c1.[NaH]. The summed E-state index contributed by atoms with van der Waals surface area (Å²) in [6, 6.07) is 23.2. The van der Waals surface area contributed by atoms with E-state index in [-0.39, 0.29) is 66.7 Å². The number of aliphatic hydroxyl groups is 2. The second-order valence-electron chi connectivity index (χ2n) is 11.3. The number of carboxylic acid groups (broad SMARTS) is 1. The van der Waals surface area contributed by atoms with Gasteiger partial charge in [0.15, 0.2) is 0 Å². The zero-order valence-corrected chi connectivity index (χ0v) is 25.0. The monoisotopic (exact) mass is 625 g/mol. The van der Waals surface area contributed by atoms with Gasteiger partial charge in [-0.1, -0.05) is 66.7 Å². The molecule has 3 aromatic carbocycles. The molecule has 6 N–H and O–H groups in total. The molecule has 4 rings (SSSR count). The molecule has 234 valence electrons. The minimum atomic E-state index is -1.19. The van der Waals surface area contributed by atoms with E-state index in [0.717, 1.165) is 27.9 Å². The van der Waals surface area contributed by atoms with Gasteiger partial charge in [-0.15, -0.1) is 0 Å². The van der Waals surface area contributed by atoms with E-state index in [1.165, 1.54) is 12.1 Å². The van der Waals surface area contributed by atoms with Crippen LogP contribution in [0.15, 0.2) is 78.9 Å². The molecule has 0 fully saturated rings. The van der Waals surface area contributed by atoms with E-state index in [9.17, 15) is 24.2 Å². The van der Waals surface area contributed by atoms with E-state index < -0.39 is 24.6 Å². The van der Waals surface area contributed by atoms with Gasteiger partial charge in [-0.3, -0.25) is 9.59 Å². The third-order valence-corrected chi connectivity index (χ3v) is 7.58. The summed E-state index contributed by atoms with van der Waals surface area (Å²) in [6.45, 7) is 4.62. The van der Waals surface area contributed by atoms with E-state index in [0.29, 0.717) is 29.8 Å². The van der Waals surface area contributed by atoms with Gasteiger partial charge in [-0.05, 0) is 67.5 Å². The predicted octanol–water partition coefficient (Wildman–Crippen LogP) is 4.80. The molecule has 0 saturated heterocycles. The second kappa shape index (κ2) is 16.8. The maximum absolute atomic E-state index is 14.2. The fourth-order valence-corrected chi connectivity index (χ4v) is 5.64. The fraction of sp³-hybridized carbons (Fsp3) is 0.314. The summed E-state index contributed by atoms with van der Waals surface area (Å²) in [4.78, 5) is 25.2. The van der Waals surface area contributed by atoms with Crippen LogP contribution in [-0.4, -0.2) is 73.5 Å². The molecule has 0 bridgehead atoms. The summed E-state index contributed by atoms with van der Waals surface area (Å²) >= 11 is 0. The van der Waals surface area contributed by atoms with Crippen molar-refractivity contribution in [2.24, 2.45) is 5.73 Å². The molecule has 1 heterocycles. The molecule has 2 unspecified atom stereocenters. The van der Waals surface area contributed by atoms with E-state index in [1.807, 2.05) is 73.0 Å².